The van der Waals surface area contributed by atoms with Crippen LogP contribution in [0.2, 0.25) is 0 Å². The zero-order chi connectivity index (χ0) is 13.3. The number of nitrogens with zero attached hydrogens (tertiary/aromatic N) is 2. The Kier molecular flexibility index (Phi) is 3.10. The second-order valence-electron chi connectivity index (χ2n) is 4.46. The predicted octanol–water partition coefficient (Wildman–Crippen LogP) is 1.03. The fourth-order valence-corrected chi connectivity index (χ4v) is 1.75. The normalized spacial score (nSPS) is 12.4. The van der Waals surface area contributed by atoms with Crippen molar-refractivity contribution in [3.8, 4) is 0 Å². The fraction of sp³-hybridized carbons (Fsp3) is 0.333. The summed E-state index contributed by atoms with van der Waals surface area (Å²) in [5.74, 6) is 0.563. The third-order valence-corrected chi connectivity index (χ3v) is 2.67. The zero-order valence-electron chi connectivity index (χ0n) is 10.7. The highest BCUT2D eigenvalue weighted by molar-refractivity contribution is 5.85. The zero-order valence-corrected chi connectivity index (χ0v) is 10.7. The van der Waals surface area contributed by atoms with Crippen LogP contribution in [0, 0.1) is 0 Å². The molecule has 96 valence electrons. The molecule has 1 amide bonds. The van der Waals surface area contributed by atoms with Gasteiger partial charge in [-0.05, 0) is 25.1 Å². The molecule has 2 aromatic rings. The van der Waals surface area contributed by atoms with Crippen LogP contribution in [-0.2, 0) is 4.79 Å². The van der Waals surface area contributed by atoms with Crippen LogP contribution >= 0.6 is 0 Å². The predicted molar refractivity (Wildman–Crippen MR) is 72.3 cm³/mol. The summed E-state index contributed by atoms with van der Waals surface area (Å²) in [4.78, 5) is 20.7. The Labute approximate surface area is 105 Å². The molecule has 1 aromatic carbocycles. The molecule has 0 saturated heterocycles. The number of carbonyl (C=O) groups excluding carboxylic acids is 1. The molecule has 0 saturated carbocycles. The molecule has 0 aliphatic heterocycles. The van der Waals surface area contributed by atoms with Gasteiger partial charge in [0, 0.05) is 19.8 Å². The van der Waals surface area contributed by atoms with Gasteiger partial charge in [-0.25, -0.2) is 4.98 Å². The topological polar surface area (TPSA) is 87.0 Å². The molecule has 0 aliphatic carbocycles. The van der Waals surface area contributed by atoms with E-state index >= 15 is 0 Å². The van der Waals surface area contributed by atoms with Gasteiger partial charge in [0.05, 0.1) is 11.0 Å². The first kappa shape index (κ1) is 12.2. The van der Waals surface area contributed by atoms with Crippen molar-refractivity contribution in [3.63, 3.8) is 0 Å². The van der Waals surface area contributed by atoms with E-state index < -0.39 is 0 Å². The second kappa shape index (κ2) is 4.56. The van der Waals surface area contributed by atoms with E-state index in [0.717, 1.165) is 11.0 Å². The third kappa shape index (κ3) is 2.37. The van der Waals surface area contributed by atoms with Crippen molar-refractivity contribution in [3.05, 3.63) is 18.2 Å². The first-order valence-electron chi connectivity index (χ1n) is 5.70. The van der Waals surface area contributed by atoms with Crippen LogP contribution in [0.5, 0.6) is 0 Å². The Hall–Kier alpha value is -2.24. The quantitative estimate of drug-likeness (QED) is 0.707. The number of H-pyrrole nitrogens is 1. The van der Waals surface area contributed by atoms with Gasteiger partial charge in [-0.15, -0.1) is 0 Å². The number of imidazole rings is 1. The summed E-state index contributed by atoms with van der Waals surface area (Å²) in [5, 5.41) is 3.03. The number of benzene rings is 1. The van der Waals surface area contributed by atoms with E-state index in [1.807, 2.05) is 12.1 Å². The number of likely N-dealkylation sites (N-methyl/N-ethyl adjacent to an activating group) is 1. The number of aromatic amines is 1. The van der Waals surface area contributed by atoms with E-state index in [1.165, 1.54) is 4.90 Å². The number of nitrogens with two attached hydrogens (primary N) is 1. The molecule has 0 bridgehead atoms. The first-order chi connectivity index (χ1) is 8.47. The van der Waals surface area contributed by atoms with Crippen LogP contribution in [0.25, 0.3) is 11.0 Å². The number of carbonyl (C=O) groups is 1. The number of fused-ring (bicyclic) bond motifs is 1. The Morgan fingerprint density at radius 1 is 1.50 bits per heavy atom. The Balaban J connectivity index is 2.19. The van der Waals surface area contributed by atoms with Gasteiger partial charge in [0.2, 0.25) is 11.9 Å². The van der Waals surface area contributed by atoms with Crippen LogP contribution < -0.4 is 11.1 Å². The van der Waals surface area contributed by atoms with Crippen molar-refractivity contribution in [2.75, 3.05) is 25.1 Å². The number of nitrogens with one attached hydrogen (secondary N) is 2. The minimum absolute atomic E-state index is 0.00466. The van der Waals surface area contributed by atoms with E-state index in [0.29, 0.717) is 11.6 Å². The number of anilines is 2. The van der Waals surface area contributed by atoms with Gasteiger partial charge in [-0.1, -0.05) is 0 Å². The monoisotopic (exact) mass is 247 g/mol. The van der Waals surface area contributed by atoms with E-state index in [2.05, 4.69) is 15.3 Å². The summed E-state index contributed by atoms with van der Waals surface area (Å²) >= 11 is 0. The van der Waals surface area contributed by atoms with Crippen LogP contribution in [-0.4, -0.2) is 40.9 Å². The fourth-order valence-electron chi connectivity index (χ4n) is 1.75. The molecular weight excluding hydrogens is 230 g/mol. The maximum Gasteiger partial charge on any atom is 0.244 e. The number of nitrogen functional groups attached to an aromatic ring is 1. The van der Waals surface area contributed by atoms with E-state index in [1.54, 1.807) is 27.1 Å². The SMILES string of the molecule is CC(Nc1nc2ccc(N)cc2[nH]1)C(=O)N(C)C. The van der Waals surface area contributed by atoms with E-state index in [-0.39, 0.29) is 11.9 Å². The number of rotatable bonds is 3. The smallest absolute Gasteiger partial charge is 0.244 e. The number of hydrogen-bond donors (Lipinski definition) is 3. The van der Waals surface area contributed by atoms with Crippen molar-refractivity contribution in [2.24, 2.45) is 0 Å². The van der Waals surface area contributed by atoms with Gasteiger partial charge in [0.25, 0.3) is 0 Å². The van der Waals surface area contributed by atoms with Crippen molar-refractivity contribution in [2.45, 2.75) is 13.0 Å². The van der Waals surface area contributed by atoms with Gasteiger partial charge in [0.1, 0.15) is 6.04 Å². The van der Waals surface area contributed by atoms with Crippen LogP contribution in [0.1, 0.15) is 6.92 Å². The summed E-state index contributed by atoms with van der Waals surface area (Å²) < 4.78 is 0. The van der Waals surface area contributed by atoms with Gasteiger partial charge < -0.3 is 20.9 Å². The molecule has 1 atom stereocenters. The molecule has 0 radical (unpaired) electrons. The van der Waals surface area contributed by atoms with Crippen molar-refractivity contribution >= 4 is 28.6 Å². The lowest BCUT2D eigenvalue weighted by Crippen LogP contribution is -2.36. The third-order valence-electron chi connectivity index (χ3n) is 2.67. The van der Waals surface area contributed by atoms with Crippen LogP contribution in [0.15, 0.2) is 18.2 Å². The van der Waals surface area contributed by atoms with Gasteiger partial charge in [-0.2, -0.15) is 0 Å². The Morgan fingerprint density at radius 3 is 2.89 bits per heavy atom. The molecule has 4 N–H and O–H groups in total. The largest absolute Gasteiger partial charge is 0.399 e. The van der Waals surface area contributed by atoms with Crippen LogP contribution in [0.4, 0.5) is 11.6 Å². The standard InChI is InChI=1S/C12H17N5O/c1-7(11(18)17(2)3)14-12-15-9-5-4-8(13)6-10(9)16-12/h4-7H,13H2,1-3H3,(H2,14,15,16). The molecule has 18 heavy (non-hydrogen) atoms. The summed E-state index contributed by atoms with van der Waals surface area (Å²) in [6, 6.07) is 5.11. The number of aromatic nitrogens is 2. The van der Waals surface area contributed by atoms with E-state index in [9.17, 15) is 4.79 Å². The number of hydrogen-bond acceptors (Lipinski definition) is 4. The first-order valence-corrected chi connectivity index (χ1v) is 5.70. The molecule has 0 spiro atoms. The van der Waals surface area contributed by atoms with Gasteiger partial charge >= 0.3 is 0 Å². The highest BCUT2D eigenvalue weighted by atomic mass is 16.2. The van der Waals surface area contributed by atoms with Crippen molar-refractivity contribution < 1.29 is 4.79 Å². The lowest BCUT2D eigenvalue weighted by atomic mass is 10.3. The van der Waals surface area contributed by atoms with Crippen molar-refractivity contribution in [1.29, 1.82) is 0 Å². The highest BCUT2D eigenvalue weighted by Gasteiger charge is 2.15. The maximum atomic E-state index is 11.7. The number of amides is 1. The van der Waals surface area contributed by atoms with Gasteiger partial charge in [-0.3, -0.25) is 4.79 Å². The molecule has 0 aliphatic rings. The Morgan fingerprint density at radius 2 is 2.22 bits per heavy atom. The molecule has 1 unspecified atom stereocenters. The summed E-state index contributed by atoms with van der Waals surface area (Å²) in [5.41, 5.74) is 8.03. The Bertz CT molecular complexity index is 575. The average Bonchev–Trinajstić information content (AvgIpc) is 2.68. The molecule has 2 rings (SSSR count). The minimum atomic E-state index is -0.335. The molecule has 0 fully saturated rings. The van der Waals surface area contributed by atoms with E-state index in [4.69, 9.17) is 5.73 Å². The lowest BCUT2D eigenvalue weighted by Gasteiger charge is -2.17. The summed E-state index contributed by atoms with van der Waals surface area (Å²) in [6.07, 6.45) is 0. The molecular formula is C12H17N5O. The minimum Gasteiger partial charge on any atom is -0.399 e. The molecule has 1 aromatic heterocycles. The average molecular weight is 247 g/mol. The lowest BCUT2D eigenvalue weighted by molar-refractivity contribution is -0.129. The van der Waals surface area contributed by atoms with Crippen LogP contribution in [0.3, 0.4) is 0 Å². The molecule has 1 heterocycles. The van der Waals surface area contributed by atoms with Gasteiger partial charge in [0.15, 0.2) is 0 Å². The molecule has 6 heteroatoms. The summed E-state index contributed by atoms with van der Waals surface area (Å²) in [7, 11) is 3.44. The highest BCUT2D eigenvalue weighted by Crippen LogP contribution is 2.17. The molecule has 6 nitrogen and oxygen atoms in total. The second-order valence-corrected chi connectivity index (χ2v) is 4.46. The van der Waals surface area contributed by atoms with Crippen molar-refractivity contribution in [1.82, 2.24) is 14.9 Å². The maximum absolute atomic E-state index is 11.7. The summed E-state index contributed by atoms with van der Waals surface area (Å²) in [6.45, 7) is 1.80.